The zero-order valence-corrected chi connectivity index (χ0v) is 22.9. The number of thioether (sulfide) groups is 1. The molecular weight excluding hydrogens is 524 g/mol. The fraction of sp³-hybridized carbons (Fsp3) is 0.480. The smallest absolute Gasteiger partial charge is 0.326 e. The van der Waals surface area contributed by atoms with Gasteiger partial charge in [0.05, 0.1) is 6.04 Å². The number of carboxylic acids is 1. The normalized spacial score (nSPS) is 14.0. The Morgan fingerprint density at radius 2 is 1.72 bits per heavy atom. The zero-order chi connectivity index (χ0) is 28.9. The van der Waals surface area contributed by atoms with E-state index in [9.17, 15) is 24.3 Å². The van der Waals surface area contributed by atoms with Crippen LogP contribution in [0.15, 0.2) is 35.5 Å². The molecular formula is C25H38N8O5S. The number of fused-ring (bicyclic) bond motifs is 1. The van der Waals surface area contributed by atoms with Crippen LogP contribution >= 0.6 is 11.8 Å². The van der Waals surface area contributed by atoms with Crippen molar-refractivity contribution in [2.45, 2.75) is 56.8 Å². The molecule has 1 aromatic heterocycles. The molecule has 0 bridgehead atoms. The average Bonchev–Trinajstić information content (AvgIpc) is 3.30. The van der Waals surface area contributed by atoms with E-state index in [4.69, 9.17) is 17.2 Å². The van der Waals surface area contributed by atoms with Crippen LogP contribution in [-0.4, -0.2) is 82.5 Å². The van der Waals surface area contributed by atoms with Crippen LogP contribution in [0.2, 0.25) is 0 Å². The third kappa shape index (κ3) is 10.1. The number of rotatable bonds is 16. The number of carbonyl (C=O) groups excluding carboxylic acids is 3. The summed E-state index contributed by atoms with van der Waals surface area (Å²) in [5.74, 6) is -2.49. The molecule has 4 atom stereocenters. The lowest BCUT2D eigenvalue weighted by Gasteiger charge is -2.23. The molecule has 4 unspecified atom stereocenters. The molecule has 0 radical (unpaired) electrons. The van der Waals surface area contributed by atoms with E-state index < -0.39 is 47.9 Å². The average molecular weight is 563 g/mol. The van der Waals surface area contributed by atoms with Crippen LogP contribution in [0.25, 0.3) is 10.9 Å². The summed E-state index contributed by atoms with van der Waals surface area (Å²) < 4.78 is 0. The van der Waals surface area contributed by atoms with E-state index in [1.54, 1.807) is 6.20 Å². The molecule has 11 N–H and O–H groups in total. The van der Waals surface area contributed by atoms with Gasteiger partial charge in [-0.3, -0.25) is 19.4 Å². The summed E-state index contributed by atoms with van der Waals surface area (Å²) in [5, 5.41) is 18.1. The summed E-state index contributed by atoms with van der Waals surface area (Å²) in [6.07, 6.45) is 4.69. The second kappa shape index (κ2) is 15.6. The summed E-state index contributed by atoms with van der Waals surface area (Å²) in [7, 11) is 0. The van der Waals surface area contributed by atoms with Gasteiger partial charge in [0.2, 0.25) is 17.7 Å². The Morgan fingerprint density at radius 3 is 2.38 bits per heavy atom. The van der Waals surface area contributed by atoms with Crippen molar-refractivity contribution in [1.29, 1.82) is 0 Å². The van der Waals surface area contributed by atoms with Gasteiger partial charge in [0, 0.05) is 23.6 Å². The van der Waals surface area contributed by atoms with Gasteiger partial charge in [-0.25, -0.2) is 4.79 Å². The van der Waals surface area contributed by atoms with Gasteiger partial charge in [0.25, 0.3) is 0 Å². The lowest BCUT2D eigenvalue weighted by atomic mass is 10.0. The molecule has 1 aromatic carbocycles. The third-order valence-corrected chi connectivity index (χ3v) is 6.65. The van der Waals surface area contributed by atoms with Crippen LogP contribution in [0, 0.1) is 0 Å². The largest absolute Gasteiger partial charge is 0.480 e. The van der Waals surface area contributed by atoms with Gasteiger partial charge in [0.15, 0.2) is 5.96 Å². The van der Waals surface area contributed by atoms with Gasteiger partial charge in [0.1, 0.15) is 18.1 Å². The number of carbonyl (C=O) groups is 4. The van der Waals surface area contributed by atoms with Crippen LogP contribution in [0.3, 0.4) is 0 Å². The zero-order valence-electron chi connectivity index (χ0n) is 22.1. The van der Waals surface area contributed by atoms with Gasteiger partial charge in [-0.05, 0) is 56.2 Å². The van der Waals surface area contributed by atoms with Crippen molar-refractivity contribution < 1.29 is 24.3 Å². The van der Waals surface area contributed by atoms with Crippen molar-refractivity contribution in [2.75, 3.05) is 18.6 Å². The minimum absolute atomic E-state index is 0.0965. The Balaban J connectivity index is 1.96. The van der Waals surface area contributed by atoms with Crippen molar-refractivity contribution >= 4 is 52.3 Å². The molecule has 0 saturated heterocycles. The standard InChI is InChI=1S/C25H38N8O5S/c1-14(21(34)33-20(24(37)38)8-5-10-29-25(27)28)31-23(36)19(9-11-39-2)32-22(35)17(26)12-15-13-30-18-7-4-3-6-16(15)18/h3-4,6-7,13-14,17,19-20,30H,5,8-12,26H2,1-2H3,(H,31,36)(H,32,35)(H,33,34)(H,37,38)(H4,27,28,29). The number of para-hydroxylation sites is 1. The minimum atomic E-state index is -1.22. The molecule has 0 aliphatic rings. The van der Waals surface area contributed by atoms with Gasteiger partial charge < -0.3 is 43.2 Å². The van der Waals surface area contributed by atoms with Crippen molar-refractivity contribution in [3.8, 4) is 0 Å². The van der Waals surface area contributed by atoms with Crippen LogP contribution < -0.4 is 33.2 Å². The van der Waals surface area contributed by atoms with E-state index in [0.29, 0.717) is 18.6 Å². The predicted octanol–water partition coefficient (Wildman–Crippen LogP) is -0.597. The Bertz CT molecular complexity index is 1170. The van der Waals surface area contributed by atoms with Gasteiger partial charge in [-0.15, -0.1) is 0 Å². The highest BCUT2D eigenvalue weighted by Crippen LogP contribution is 2.18. The number of aliphatic carboxylic acids is 1. The molecule has 0 aliphatic heterocycles. The summed E-state index contributed by atoms with van der Waals surface area (Å²) in [6, 6.07) is 3.61. The Labute approximate surface area is 231 Å². The molecule has 0 fully saturated rings. The summed E-state index contributed by atoms with van der Waals surface area (Å²) in [6.45, 7) is 1.65. The molecule has 3 amide bonds. The number of carboxylic acid groups (broad SMARTS) is 1. The van der Waals surface area contributed by atoms with E-state index in [2.05, 4.69) is 25.9 Å². The molecule has 13 nitrogen and oxygen atoms in total. The minimum Gasteiger partial charge on any atom is -0.480 e. The number of aliphatic imine (C=N–C) groups is 1. The van der Waals surface area contributed by atoms with Crippen molar-refractivity contribution in [3.05, 3.63) is 36.0 Å². The number of H-pyrrole nitrogens is 1. The lowest BCUT2D eigenvalue weighted by Crippen LogP contribution is -2.56. The number of guanidine groups is 1. The number of nitrogens with two attached hydrogens (primary N) is 3. The van der Waals surface area contributed by atoms with Gasteiger partial charge >= 0.3 is 5.97 Å². The molecule has 214 valence electrons. The van der Waals surface area contributed by atoms with Crippen LogP contribution in [0.4, 0.5) is 0 Å². The van der Waals surface area contributed by atoms with Crippen molar-refractivity contribution in [1.82, 2.24) is 20.9 Å². The fourth-order valence-electron chi connectivity index (χ4n) is 3.85. The first-order chi connectivity index (χ1) is 18.5. The highest BCUT2D eigenvalue weighted by molar-refractivity contribution is 7.98. The first-order valence-corrected chi connectivity index (χ1v) is 13.9. The lowest BCUT2D eigenvalue weighted by molar-refractivity contribution is -0.142. The highest BCUT2D eigenvalue weighted by atomic mass is 32.2. The maximum absolute atomic E-state index is 13.0. The molecule has 0 spiro atoms. The fourth-order valence-corrected chi connectivity index (χ4v) is 4.32. The van der Waals surface area contributed by atoms with Crippen LogP contribution in [-0.2, 0) is 25.6 Å². The number of amides is 3. The Hall–Kier alpha value is -3.78. The van der Waals surface area contributed by atoms with E-state index in [1.807, 2.05) is 30.5 Å². The Morgan fingerprint density at radius 1 is 1.03 bits per heavy atom. The second-order valence-corrected chi connectivity index (χ2v) is 10.1. The first-order valence-electron chi connectivity index (χ1n) is 12.5. The molecule has 0 saturated carbocycles. The van der Waals surface area contributed by atoms with E-state index >= 15 is 0 Å². The van der Waals surface area contributed by atoms with Crippen molar-refractivity contribution in [2.24, 2.45) is 22.2 Å². The third-order valence-electron chi connectivity index (χ3n) is 6.01. The number of aromatic amines is 1. The monoisotopic (exact) mass is 562 g/mol. The van der Waals surface area contributed by atoms with E-state index in [-0.39, 0.29) is 25.3 Å². The number of benzene rings is 1. The molecule has 1 heterocycles. The highest BCUT2D eigenvalue weighted by Gasteiger charge is 2.28. The second-order valence-electron chi connectivity index (χ2n) is 9.09. The number of aromatic nitrogens is 1. The van der Waals surface area contributed by atoms with Gasteiger partial charge in [-0.1, -0.05) is 18.2 Å². The number of hydrogen-bond acceptors (Lipinski definition) is 7. The summed E-state index contributed by atoms with van der Waals surface area (Å²) >= 11 is 1.50. The van der Waals surface area contributed by atoms with Crippen molar-refractivity contribution in [3.63, 3.8) is 0 Å². The summed E-state index contributed by atoms with van der Waals surface area (Å²) in [5.41, 5.74) is 18.5. The van der Waals surface area contributed by atoms with Gasteiger partial charge in [-0.2, -0.15) is 11.8 Å². The predicted molar refractivity (Wildman–Crippen MR) is 152 cm³/mol. The molecule has 39 heavy (non-hydrogen) atoms. The topological polar surface area (TPSA) is 231 Å². The molecule has 2 aromatic rings. The number of nitrogens with zero attached hydrogens (tertiary/aromatic N) is 1. The van der Waals surface area contributed by atoms with E-state index in [1.165, 1.54) is 18.7 Å². The molecule has 0 aliphatic carbocycles. The van der Waals surface area contributed by atoms with E-state index in [0.717, 1.165) is 16.5 Å². The maximum atomic E-state index is 13.0. The number of hydrogen-bond donors (Lipinski definition) is 8. The molecule has 2 rings (SSSR count). The Kier molecular flexibility index (Phi) is 12.6. The number of nitrogens with one attached hydrogen (secondary N) is 4. The first kappa shape index (κ1) is 31.4. The quantitative estimate of drug-likeness (QED) is 0.0740. The van der Waals surface area contributed by atoms with Crippen LogP contribution in [0.5, 0.6) is 0 Å². The van der Waals surface area contributed by atoms with Crippen LogP contribution in [0.1, 0.15) is 31.7 Å². The SMILES string of the molecule is CSCCC(NC(=O)C(N)Cc1c[nH]c2ccccc12)C(=O)NC(C)C(=O)NC(CCCN=C(N)N)C(=O)O. The summed E-state index contributed by atoms with van der Waals surface area (Å²) in [4.78, 5) is 57.0. The molecule has 14 heteroatoms. The maximum Gasteiger partial charge on any atom is 0.326 e.